The van der Waals surface area contributed by atoms with Crippen molar-refractivity contribution < 1.29 is 34.2 Å². The van der Waals surface area contributed by atoms with Gasteiger partial charge in [-0.2, -0.15) is 11.8 Å². The molecule has 1 aromatic carbocycles. The summed E-state index contributed by atoms with van der Waals surface area (Å²) in [4.78, 5) is 59.5. The van der Waals surface area contributed by atoms with Gasteiger partial charge in [0, 0.05) is 0 Å². The van der Waals surface area contributed by atoms with Crippen molar-refractivity contribution >= 4 is 41.4 Å². The van der Waals surface area contributed by atoms with Crippen molar-refractivity contribution in [3.8, 4) is 0 Å². The molecule has 0 aliphatic carbocycles. The van der Waals surface area contributed by atoms with Crippen LogP contribution in [0.2, 0.25) is 0 Å². The van der Waals surface area contributed by atoms with Crippen molar-refractivity contribution in [3.63, 3.8) is 0 Å². The lowest BCUT2D eigenvalue weighted by molar-refractivity contribution is -0.147. The van der Waals surface area contributed by atoms with Gasteiger partial charge in [-0.25, -0.2) is 4.79 Å². The van der Waals surface area contributed by atoms with Crippen LogP contribution in [0.5, 0.6) is 0 Å². The molecule has 0 bridgehead atoms. The summed E-state index contributed by atoms with van der Waals surface area (Å²) in [5, 5.41) is 25.1. The van der Waals surface area contributed by atoms with Crippen molar-refractivity contribution in [1.82, 2.24) is 16.0 Å². The number of aliphatic carboxylic acids is 2. The number of carboxylic acid groups (broad SMARTS) is 2. The first kappa shape index (κ1) is 27.9. The molecule has 0 saturated heterocycles. The zero-order valence-electron chi connectivity index (χ0n) is 18.4. The van der Waals surface area contributed by atoms with E-state index in [9.17, 15) is 24.0 Å². The molecule has 0 spiro atoms. The summed E-state index contributed by atoms with van der Waals surface area (Å²) in [6.45, 7) is 1.43. The van der Waals surface area contributed by atoms with Crippen molar-refractivity contribution in [1.29, 1.82) is 0 Å². The molecule has 0 saturated carbocycles. The van der Waals surface area contributed by atoms with Gasteiger partial charge in [0.25, 0.3) is 0 Å². The lowest BCUT2D eigenvalue weighted by atomic mass is 10.1. The van der Waals surface area contributed by atoms with E-state index in [1.54, 1.807) is 6.26 Å². The molecular weight excluding hydrogens is 452 g/mol. The van der Waals surface area contributed by atoms with Crippen molar-refractivity contribution in [3.05, 3.63) is 35.9 Å². The molecule has 1 rings (SSSR count). The van der Waals surface area contributed by atoms with Crippen LogP contribution in [0.25, 0.3) is 0 Å². The molecule has 7 N–H and O–H groups in total. The van der Waals surface area contributed by atoms with Gasteiger partial charge in [-0.05, 0) is 37.3 Å². The first-order valence-corrected chi connectivity index (χ1v) is 11.6. The van der Waals surface area contributed by atoms with Crippen LogP contribution in [-0.4, -0.2) is 76.0 Å². The van der Waals surface area contributed by atoms with Crippen molar-refractivity contribution in [2.45, 2.75) is 50.4 Å². The van der Waals surface area contributed by atoms with Crippen LogP contribution < -0.4 is 21.7 Å². The van der Waals surface area contributed by atoms with Crippen LogP contribution in [0.1, 0.15) is 25.3 Å². The molecule has 0 heterocycles. The number of nitrogens with two attached hydrogens (primary N) is 1. The highest BCUT2D eigenvalue weighted by atomic mass is 32.2. The highest BCUT2D eigenvalue weighted by Crippen LogP contribution is 2.05. The Morgan fingerprint density at radius 2 is 1.55 bits per heavy atom. The second kappa shape index (κ2) is 14.1. The number of hydrogen-bond donors (Lipinski definition) is 6. The maximum Gasteiger partial charge on any atom is 0.326 e. The first-order chi connectivity index (χ1) is 15.5. The van der Waals surface area contributed by atoms with Crippen LogP contribution in [0, 0.1) is 0 Å². The van der Waals surface area contributed by atoms with Gasteiger partial charge in [-0.15, -0.1) is 0 Å². The summed E-state index contributed by atoms with van der Waals surface area (Å²) in [6, 6.07) is 4.48. The Kier molecular flexibility index (Phi) is 11.9. The molecule has 0 radical (unpaired) electrons. The second-order valence-electron chi connectivity index (χ2n) is 7.37. The predicted molar refractivity (Wildman–Crippen MR) is 122 cm³/mol. The Balaban J connectivity index is 2.73. The number of carboxylic acids is 2. The third-order valence-electron chi connectivity index (χ3n) is 4.62. The van der Waals surface area contributed by atoms with E-state index in [4.69, 9.17) is 15.9 Å². The van der Waals surface area contributed by atoms with E-state index < -0.39 is 60.2 Å². The first-order valence-electron chi connectivity index (χ1n) is 10.2. The third kappa shape index (κ3) is 10.4. The number of thioether (sulfide) groups is 1. The Labute approximate surface area is 195 Å². The highest BCUT2D eigenvalue weighted by Gasteiger charge is 2.29. The van der Waals surface area contributed by atoms with Gasteiger partial charge < -0.3 is 31.9 Å². The fourth-order valence-electron chi connectivity index (χ4n) is 2.79. The van der Waals surface area contributed by atoms with Gasteiger partial charge in [0.1, 0.15) is 18.1 Å². The molecule has 0 aliphatic heterocycles. The zero-order chi connectivity index (χ0) is 25.0. The normalized spacial score (nSPS) is 14.3. The zero-order valence-corrected chi connectivity index (χ0v) is 19.3. The van der Waals surface area contributed by atoms with E-state index in [2.05, 4.69) is 16.0 Å². The van der Waals surface area contributed by atoms with E-state index in [-0.39, 0.29) is 12.8 Å². The predicted octanol–water partition coefficient (Wildman–Crippen LogP) is -0.657. The van der Waals surface area contributed by atoms with E-state index >= 15 is 0 Å². The lowest BCUT2D eigenvalue weighted by Crippen LogP contribution is -2.56. The van der Waals surface area contributed by atoms with Crippen LogP contribution >= 0.6 is 11.8 Å². The third-order valence-corrected chi connectivity index (χ3v) is 5.27. The van der Waals surface area contributed by atoms with Gasteiger partial charge in [-0.1, -0.05) is 30.3 Å². The largest absolute Gasteiger partial charge is 0.481 e. The molecule has 12 heteroatoms. The van der Waals surface area contributed by atoms with Gasteiger partial charge in [0.15, 0.2) is 0 Å². The number of hydrogen-bond acceptors (Lipinski definition) is 7. The molecule has 0 aliphatic rings. The highest BCUT2D eigenvalue weighted by molar-refractivity contribution is 7.98. The minimum atomic E-state index is -1.64. The minimum absolute atomic E-state index is 0.173. The molecule has 33 heavy (non-hydrogen) atoms. The monoisotopic (exact) mass is 482 g/mol. The summed E-state index contributed by atoms with van der Waals surface area (Å²) >= 11 is 1.41. The molecule has 1 aromatic rings. The number of rotatable bonds is 14. The number of nitrogens with one attached hydrogen (secondary N) is 3. The van der Waals surface area contributed by atoms with Gasteiger partial charge in [-0.3, -0.25) is 19.2 Å². The molecule has 0 aromatic heterocycles. The van der Waals surface area contributed by atoms with Crippen LogP contribution in [0.4, 0.5) is 0 Å². The Morgan fingerprint density at radius 3 is 2.09 bits per heavy atom. The molecule has 182 valence electrons. The lowest BCUT2D eigenvalue weighted by Gasteiger charge is -2.23. The fourth-order valence-corrected chi connectivity index (χ4v) is 3.27. The van der Waals surface area contributed by atoms with Crippen molar-refractivity contribution in [2.75, 3.05) is 12.0 Å². The second-order valence-corrected chi connectivity index (χ2v) is 8.35. The average Bonchev–Trinajstić information content (AvgIpc) is 2.75. The summed E-state index contributed by atoms with van der Waals surface area (Å²) in [5.74, 6) is -4.46. The van der Waals surface area contributed by atoms with Gasteiger partial charge in [0.2, 0.25) is 17.7 Å². The number of benzene rings is 1. The smallest absolute Gasteiger partial charge is 0.326 e. The van der Waals surface area contributed by atoms with E-state index in [0.717, 1.165) is 5.56 Å². The Hall–Kier alpha value is -3.12. The molecule has 4 unspecified atom stereocenters. The van der Waals surface area contributed by atoms with Crippen LogP contribution in [0.15, 0.2) is 30.3 Å². The molecule has 0 fully saturated rings. The number of carbonyl (C=O) groups excluding carboxylic acids is 3. The van der Waals surface area contributed by atoms with Crippen LogP contribution in [-0.2, 0) is 30.4 Å². The quantitative estimate of drug-likeness (QED) is 0.200. The molecule has 4 atom stereocenters. The van der Waals surface area contributed by atoms with E-state index in [0.29, 0.717) is 5.75 Å². The SMILES string of the molecule is CSCCC(NC(=O)C(C)NC(=O)C(N)Cc1ccccc1)C(=O)NC(CC(=O)O)C(=O)O. The molecular formula is C21H30N4O7S. The fraction of sp³-hybridized carbons (Fsp3) is 0.476. The molecule has 11 nitrogen and oxygen atoms in total. The summed E-state index contributed by atoms with van der Waals surface area (Å²) in [7, 11) is 0. The standard InChI is InChI=1S/C21H30N4O7S/c1-12(23-19(29)14(22)10-13-6-4-3-5-7-13)18(28)24-15(8-9-33-2)20(30)25-16(21(31)32)11-17(26)27/h3-7,12,14-16H,8-11,22H2,1-2H3,(H,23,29)(H,24,28)(H,25,30)(H,26,27)(H,31,32). The summed E-state index contributed by atoms with van der Waals surface area (Å²) in [6.07, 6.45) is 1.43. The van der Waals surface area contributed by atoms with E-state index in [1.165, 1.54) is 18.7 Å². The maximum atomic E-state index is 12.6. The van der Waals surface area contributed by atoms with Gasteiger partial charge in [0.05, 0.1) is 12.5 Å². The molecule has 3 amide bonds. The maximum absolute atomic E-state index is 12.6. The Morgan fingerprint density at radius 1 is 0.939 bits per heavy atom. The summed E-state index contributed by atoms with van der Waals surface area (Å²) in [5.41, 5.74) is 6.78. The van der Waals surface area contributed by atoms with Gasteiger partial charge >= 0.3 is 11.9 Å². The average molecular weight is 483 g/mol. The van der Waals surface area contributed by atoms with Crippen LogP contribution in [0.3, 0.4) is 0 Å². The number of carbonyl (C=O) groups is 5. The minimum Gasteiger partial charge on any atom is -0.481 e. The number of amides is 3. The van der Waals surface area contributed by atoms with E-state index in [1.807, 2.05) is 30.3 Å². The van der Waals surface area contributed by atoms with Crippen molar-refractivity contribution in [2.24, 2.45) is 5.73 Å². The Bertz CT molecular complexity index is 837. The summed E-state index contributed by atoms with van der Waals surface area (Å²) < 4.78 is 0. The topological polar surface area (TPSA) is 188 Å².